The molecule has 3 heterocycles. The summed E-state index contributed by atoms with van der Waals surface area (Å²) in [4.78, 5) is 18.7. The Morgan fingerprint density at radius 3 is 3.04 bits per heavy atom. The van der Waals surface area contributed by atoms with Crippen molar-refractivity contribution in [3.8, 4) is 11.8 Å². The van der Waals surface area contributed by atoms with Crippen LogP contribution >= 0.6 is 0 Å². The van der Waals surface area contributed by atoms with Crippen molar-refractivity contribution in [1.29, 1.82) is 5.26 Å². The molecule has 0 unspecified atom stereocenters. The Balaban J connectivity index is 1.75. The molecular weight excluding hydrogens is 322 g/mol. The first-order chi connectivity index (χ1) is 12.1. The lowest BCUT2D eigenvalue weighted by molar-refractivity contribution is 0.0656. The zero-order valence-electron chi connectivity index (χ0n) is 14.1. The molecule has 0 N–H and O–H groups in total. The molecule has 0 aliphatic carbocycles. The number of nitrogens with zero attached hydrogens (tertiary/aromatic N) is 3. The number of pyridine rings is 1. The van der Waals surface area contributed by atoms with Gasteiger partial charge in [-0.3, -0.25) is 9.78 Å². The van der Waals surface area contributed by atoms with Crippen molar-refractivity contribution >= 4 is 5.91 Å². The zero-order chi connectivity index (χ0) is 17.8. The van der Waals surface area contributed by atoms with Crippen LogP contribution in [0, 0.1) is 18.3 Å². The number of nitriles is 1. The molecular formula is C18H19N3O4. The van der Waals surface area contributed by atoms with Gasteiger partial charge >= 0.3 is 0 Å². The summed E-state index contributed by atoms with van der Waals surface area (Å²) < 4.78 is 16.5. The number of aryl methyl sites for hydroxylation is 1. The average Bonchev–Trinajstić information content (AvgIpc) is 3.23. The van der Waals surface area contributed by atoms with Gasteiger partial charge in [-0.25, -0.2) is 0 Å². The number of methoxy groups -OCH3 is 1. The Bertz CT molecular complexity index is 781. The van der Waals surface area contributed by atoms with E-state index in [0.29, 0.717) is 36.6 Å². The Labute approximate surface area is 145 Å². The molecule has 2 atom stereocenters. The molecule has 0 spiro atoms. The summed E-state index contributed by atoms with van der Waals surface area (Å²) in [5, 5.41) is 8.95. The van der Waals surface area contributed by atoms with Crippen molar-refractivity contribution in [3.63, 3.8) is 0 Å². The van der Waals surface area contributed by atoms with Crippen molar-refractivity contribution in [2.75, 3.05) is 20.3 Å². The van der Waals surface area contributed by atoms with Crippen LogP contribution in [0.2, 0.25) is 0 Å². The second-order valence-corrected chi connectivity index (χ2v) is 5.90. The predicted molar refractivity (Wildman–Crippen MR) is 88.1 cm³/mol. The molecule has 2 aromatic rings. The lowest BCUT2D eigenvalue weighted by atomic mass is 10.2. The molecule has 0 saturated carbocycles. The van der Waals surface area contributed by atoms with Crippen LogP contribution in [0.3, 0.4) is 0 Å². The summed E-state index contributed by atoms with van der Waals surface area (Å²) >= 11 is 0. The number of aromatic nitrogens is 1. The molecule has 1 fully saturated rings. The van der Waals surface area contributed by atoms with Gasteiger partial charge in [-0.15, -0.1) is 0 Å². The van der Waals surface area contributed by atoms with Crippen LogP contribution < -0.4 is 4.74 Å². The summed E-state index contributed by atoms with van der Waals surface area (Å²) in [6.07, 6.45) is 3.95. The number of carbonyl (C=O) groups excluding carboxylic acids is 1. The molecule has 1 aliphatic heterocycles. The van der Waals surface area contributed by atoms with E-state index in [1.165, 1.54) is 6.07 Å². The third-order valence-electron chi connectivity index (χ3n) is 4.31. The highest BCUT2D eigenvalue weighted by atomic mass is 16.5. The van der Waals surface area contributed by atoms with Gasteiger partial charge in [0.05, 0.1) is 23.9 Å². The number of amides is 1. The Hall–Kier alpha value is -2.85. The topological polar surface area (TPSA) is 88.6 Å². The second-order valence-electron chi connectivity index (χ2n) is 5.90. The van der Waals surface area contributed by atoms with Gasteiger partial charge in [0.15, 0.2) is 0 Å². The molecule has 3 rings (SSSR count). The fraction of sp³-hybridized carbons (Fsp3) is 0.389. The van der Waals surface area contributed by atoms with Crippen molar-refractivity contribution in [3.05, 3.63) is 47.7 Å². The molecule has 130 valence electrons. The van der Waals surface area contributed by atoms with Crippen LogP contribution in [0.4, 0.5) is 0 Å². The van der Waals surface area contributed by atoms with Gasteiger partial charge in [0.2, 0.25) is 5.76 Å². The van der Waals surface area contributed by atoms with Crippen LogP contribution in [0.1, 0.15) is 28.3 Å². The molecule has 1 amide bonds. The van der Waals surface area contributed by atoms with E-state index in [2.05, 4.69) is 4.98 Å². The van der Waals surface area contributed by atoms with E-state index in [0.717, 1.165) is 0 Å². The average molecular weight is 341 g/mol. The van der Waals surface area contributed by atoms with E-state index < -0.39 is 0 Å². The minimum Gasteiger partial charge on any atom is -0.490 e. The zero-order valence-corrected chi connectivity index (χ0v) is 14.1. The highest BCUT2D eigenvalue weighted by molar-refractivity contribution is 5.96. The van der Waals surface area contributed by atoms with Crippen LogP contribution in [-0.2, 0) is 4.74 Å². The minimum absolute atomic E-state index is 0.0471. The SMILES string of the molecule is CO[C@@H]1C[C@@H](COc2cccnc2)N(C(=O)c2cc(C#N)oc2C)C1. The number of likely N-dealkylation sites (tertiary alicyclic amines) is 1. The number of hydrogen-bond donors (Lipinski definition) is 0. The van der Waals surface area contributed by atoms with Gasteiger partial charge < -0.3 is 18.8 Å². The van der Waals surface area contributed by atoms with Crippen molar-refractivity contribution in [2.45, 2.75) is 25.5 Å². The fourth-order valence-corrected chi connectivity index (χ4v) is 2.98. The number of carbonyl (C=O) groups is 1. The number of hydrogen-bond acceptors (Lipinski definition) is 6. The first-order valence-corrected chi connectivity index (χ1v) is 7.99. The number of rotatable bonds is 5. The lowest BCUT2D eigenvalue weighted by Crippen LogP contribution is -2.39. The predicted octanol–water partition coefficient (Wildman–Crippen LogP) is 2.16. The Morgan fingerprint density at radius 1 is 1.56 bits per heavy atom. The third-order valence-corrected chi connectivity index (χ3v) is 4.31. The van der Waals surface area contributed by atoms with Crippen molar-refractivity contribution in [2.24, 2.45) is 0 Å². The number of furan rings is 1. The van der Waals surface area contributed by atoms with Gasteiger partial charge in [0.25, 0.3) is 5.91 Å². The summed E-state index contributed by atoms with van der Waals surface area (Å²) in [5.41, 5.74) is 0.402. The molecule has 25 heavy (non-hydrogen) atoms. The van der Waals surface area contributed by atoms with E-state index in [4.69, 9.17) is 19.2 Å². The molecule has 1 aliphatic rings. The molecule has 0 bridgehead atoms. The standard InChI is InChI=1S/C18H19N3O4/c1-12-17(7-15(8-19)25-12)18(22)21-10-16(23-2)6-13(21)11-24-14-4-3-5-20-9-14/h3-5,7,9,13,16H,6,10-11H2,1-2H3/t13-,16+/m0/s1. The maximum absolute atomic E-state index is 12.9. The van der Waals surface area contributed by atoms with Crippen LogP contribution in [0.25, 0.3) is 0 Å². The molecule has 7 nitrogen and oxygen atoms in total. The van der Waals surface area contributed by atoms with E-state index >= 15 is 0 Å². The van der Waals surface area contributed by atoms with Crippen LogP contribution in [-0.4, -0.2) is 48.2 Å². The highest BCUT2D eigenvalue weighted by Gasteiger charge is 2.37. The highest BCUT2D eigenvalue weighted by Crippen LogP contribution is 2.25. The summed E-state index contributed by atoms with van der Waals surface area (Å²) in [5.74, 6) is 1.05. The second kappa shape index (κ2) is 7.36. The van der Waals surface area contributed by atoms with Crippen molar-refractivity contribution < 1.29 is 18.7 Å². The van der Waals surface area contributed by atoms with Crippen LogP contribution in [0.5, 0.6) is 5.75 Å². The largest absolute Gasteiger partial charge is 0.490 e. The maximum Gasteiger partial charge on any atom is 0.257 e. The molecule has 7 heteroatoms. The third kappa shape index (κ3) is 3.64. The Morgan fingerprint density at radius 2 is 2.40 bits per heavy atom. The number of ether oxygens (including phenoxy) is 2. The van der Waals surface area contributed by atoms with E-state index in [1.807, 2.05) is 12.1 Å². The first kappa shape index (κ1) is 17.0. The monoisotopic (exact) mass is 341 g/mol. The Kier molecular flexibility index (Phi) is 5.00. The van der Waals surface area contributed by atoms with Gasteiger partial charge in [-0.2, -0.15) is 5.26 Å². The van der Waals surface area contributed by atoms with Gasteiger partial charge in [0.1, 0.15) is 24.2 Å². The molecule has 0 aromatic carbocycles. The molecule has 1 saturated heterocycles. The first-order valence-electron chi connectivity index (χ1n) is 7.99. The molecule has 2 aromatic heterocycles. The van der Waals surface area contributed by atoms with E-state index in [1.54, 1.807) is 37.4 Å². The minimum atomic E-state index is -0.179. The fourth-order valence-electron chi connectivity index (χ4n) is 2.98. The van der Waals surface area contributed by atoms with E-state index in [9.17, 15) is 4.79 Å². The maximum atomic E-state index is 12.9. The smallest absolute Gasteiger partial charge is 0.257 e. The van der Waals surface area contributed by atoms with Gasteiger partial charge in [-0.05, 0) is 25.5 Å². The molecule has 0 radical (unpaired) electrons. The quantitative estimate of drug-likeness (QED) is 0.828. The lowest BCUT2D eigenvalue weighted by Gasteiger charge is -2.24. The van der Waals surface area contributed by atoms with Gasteiger partial charge in [-0.1, -0.05) is 0 Å². The summed E-state index contributed by atoms with van der Waals surface area (Å²) in [6.45, 7) is 2.50. The normalized spacial score (nSPS) is 19.6. The van der Waals surface area contributed by atoms with Gasteiger partial charge in [0, 0.05) is 25.9 Å². The van der Waals surface area contributed by atoms with E-state index in [-0.39, 0.29) is 23.8 Å². The summed E-state index contributed by atoms with van der Waals surface area (Å²) in [6, 6.07) is 6.89. The van der Waals surface area contributed by atoms with Crippen LogP contribution in [0.15, 0.2) is 35.0 Å². The summed E-state index contributed by atoms with van der Waals surface area (Å²) in [7, 11) is 1.63. The van der Waals surface area contributed by atoms with Crippen molar-refractivity contribution in [1.82, 2.24) is 9.88 Å².